The van der Waals surface area contributed by atoms with Crippen LogP contribution in [0.5, 0.6) is 11.5 Å². The quantitative estimate of drug-likeness (QED) is 0.152. The fourth-order valence-corrected chi connectivity index (χ4v) is 6.39. The molecule has 4 aromatic rings. The number of hydrogen-bond donors (Lipinski definition) is 0. The maximum Gasteiger partial charge on any atom is 0.266 e. The number of aryl methyl sites for hydroxylation is 1. The minimum atomic E-state index is -0.238. The molecule has 2 aromatic heterocycles. The van der Waals surface area contributed by atoms with Crippen molar-refractivity contribution in [1.29, 1.82) is 0 Å². The van der Waals surface area contributed by atoms with Crippen LogP contribution in [0.25, 0.3) is 11.7 Å². The van der Waals surface area contributed by atoms with Crippen LogP contribution in [0.15, 0.2) is 86.5 Å². The SMILES string of the molecule is COc1ccc(CCN2C(=O)/C(=C\c3c(Sc4ccccc4)nc4c(C)cccn4c3=O)SC2=S)cc1OC. The van der Waals surface area contributed by atoms with E-state index in [9.17, 15) is 9.59 Å². The van der Waals surface area contributed by atoms with E-state index in [1.807, 2.05) is 67.6 Å². The molecule has 39 heavy (non-hydrogen) atoms. The van der Waals surface area contributed by atoms with Gasteiger partial charge in [-0.25, -0.2) is 4.98 Å². The molecular weight excluding hydrogens is 551 g/mol. The highest BCUT2D eigenvalue weighted by Gasteiger charge is 2.32. The van der Waals surface area contributed by atoms with Gasteiger partial charge in [0.15, 0.2) is 11.5 Å². The summed E-state index contributed by atoms with van der Waals surface area (Å²) >= 11 is 8.15. The van der Waals surface area contributed by atoms with E-state index in [1.165, 1.54) is 27.9 Å². The summed E-state index contributed by atoms with van der Waals surface area (Å²) in [5.74, 6) is 1.04. The van der Waals surface area contributed by atoms with Crippen molar-refractivity contribution in [2.75, 3.05) is 20.8 Å². The van der Waals surface area contributed by atoms with Crippen molar-refractivity contribution in [2.45, 2.75) is 23.3 Å². The molecule has 0 bridgehead atoms. The molecule has 2 aromatic carbocycles. The Morgan fingerprint density at radius 2 is 1.79 bits per heavy atom. The van der Waals surface area contributed by atoms with Gasteiger partial charge in [0.05, 0.1) is 24.7 Å². The molecule has 1 fully saturated rings. The number of nitrogens with zero attached hydrogens (tertiary/aromatic N) is 3. The third-order valence-corrected chi connectivity index (χ3v) is 8.62. The number of carbonyl (C=O) groups excluding carboxylic acids is 1. The predicted molar refractivity (Wildman–Crippen MR) is 160 cm³/mol. The van der Waals surface area contributed by atoms with E-state index in [0.717, 1.165) is 16.0 Å². The van der Waals surface area contributed by atoms with Crippen molar-refractivity contribution in [3.05, 3.63) is 98.8 Å². The molecule has 0 unspecified atom stereocenters. The van der Waals surface area contributed by atoms with Crippen molar-refractivity contribution in [1.82, 2.24) is 14.3 Å². The molecule has 1 amide bonds. The number of fused-ring (bicyclic) bond motifs is 1. The highest BCUT2D eigenvalue weighted by molar-refractivity contribution is 8.26. The summed E-state index contributed by atoms with van der Waals surface area (Å²) in [4.78, 5) is 34.8. The number of thiocarbonyl (C=S) groups is 1. The molecule has 1 aliphatic rings. The van der Waals surface area contributed by atoms with Crippen molar-refractivity contribution in [3.63, 3.8) is 0 Å². The summed E-state index contributed by atoms with van der Waals surface area (Å²) in [5, 5.41) is 0.538. The minimum Gasteiger partial charge on any atom is -0.493 e. The zero-order chi connectivity index (χ0) is 27.5. The van der Waals surface area contributed by atoms with E-state index < -0.39 is 0 Å². The van der Waals surface area contributed by atoms with Gasteiger partial charge in [0, 0.05) is 17.6 Å². The molecule has 3 heterocycles. The first kappa shape index (κ1) is 27.0. The van der Waals surface area contributed by atoms with Crippen LogP contribution in [0, 0.1) is 6.92 Å². The molecule has 1 aliphatic heterocycles. The van der Waals surface area contributed by atoms with E-state index in [-0.39, 0.29) is 11.5 Å². The second-order valence-corrected chi connectivity index (χ2v) is 11.4. The molecule has 5 rings (SSSR count). The minimum absolute atomic E-state index is 0.227. The van der Waals surface area contributed by atoms with Crippen molar-refractivity contribution < 1.29 is 14.3 Å². The van der Waals surface area contributed by atoms with Gasteiger partial charge in [-0.15, -0.1) is 0 Å². The van der Waals surface area contributed by atoms with Gasteiger partial charge in [-0.3, -0.25) is 18.9 Å². The molecule has 0 radical (unpaired) electrons. The zero-order valence-electron chi connectivity index (χ0n) is 21.5. The van der Waals surface area contributed by atoms with E-state index in [4.69, 9.17) is 26.7 Å². The largest absolute Gasteiger partial charge is 0.493 e. The van der Waals surface area contributed by atoms with Gasteiger partial charge in [0.1, 0.15) is 15.0 Å². The van der Waals surface area contributed by atoms with Gasteiger partial charge in [0.25, 0.3) is 11.5 Å². The Hall–Kier alpha value is -3.60. The smallest absolute Gasteiger partial charge is 0.266 e. The second-order valence-electron chi connectivity index (χ2n) is 8.71. The van der Waals surface area contributed by atoms with Crippen LogP contribution in [-0.2, 0) is 11.2 Å². The average Bonchev–Trinajstić information content (AvgIpc) is 3.22. The van der Waals surface area contributed by atoms with Crippen LogP contribution in [0.3, 0.4) is 0 Å². The summed E-state index contributed by atoms with van der Waals surface area (Å²) in [6.45, 7) is 2.32. The van der Waals surface area contributed by atoms with Crippen molar-refractivity contribution in [2.24, 2.45) is 0 Å². The van der Waals surface area contributed by atoms with Crippen LogP contribution >= 0.6 is 35.7 Å². The Balaban J connectivity index is 1.47. The van der Waals surface area contributed by atoms with Gasteiger partial charge >= 0.3 is 0 Å². The number of carbonyl (C=O) groups is 1. The topological polar surface area (TPSA) is 73.1 Å². The molecule has 10 heteroatoms. The number of methoxy groups -OCH3 is 2. The average molecular weight is 576 g/mol. The Kier molecular flexibility index (Phi) is 8.06. The van der Waals surface area contributed by atoms with Crippen molar-refractivity contribution >= 4 is 57.7 Å². The molecule has 7 nitrogen and oxygen atoms in total. The van der Waals surface area contributed by atoms with Crippen LogP contribution in [-0.4, -0.2) is 45.3 Å². The number of rotatable bonds is 8. The van der Waals surface area contributed by atoms with E-state index in [0.29, 0.717) is 49.9 Å². The van der Waals surface area contributed by atoms with Gasteiger partial charge in [0.2, 0.25) is 0 Å². The number of ether oxygens (including phenoxy) is 2. The summed E-state index contributed by atoms with van der Waals surface area (Å²) in [7, 11) is 3.18. The molecule has 0 spiro atoms. The fourth-order valence-electron chi connectivity index (χ4n) is 4.19. The summed E-state index contributed by atoms with van der Waals surface area (Å²) < 4.78 is 12.7. The predicted octanol–water partition coefficient (Wildman–Crippen LogP) is 5.62. The van der Waals surface area contributed by atoms with Crippen molar-refractivity contribution in [3.8, 4) is 11.5 Å². The molecule has 198 valence electrons. The fraction of sp³-hybridized carbons (Fsp3) is 0.172. The summed E-state index contributed by atoms with van der Waals surface area (Å²) in [6.07, 6.45) is 3.90. The highest BCUT2D eigenvalue weighted by atomic mass is 32.2. The highest BCUT2D eigenvalue weighted by Crippen LogP contribution is 2.35. The van der Waals surface area contributed by atoms with E-state index >= 15 is 0 Å². The van der Waals surface area contributed by atoms with E-state index in [1.54, 1.807) is 31.4 Å². The molecule has 0 aliphatic carbocycles. The molecule has 1 saturated heterocycles. The monoisotopic (exact) mass is 575 g/mol. The van der Waals surface area contributed by atoms with Gasteiger partial charge < -0.3 is 9.47 Å². The number of pyridine rings is 1. The van der Waals surface area contributed by atoms with Crippen LogP contribution in [0.2, 0.25) is 0 Å². The maximum atomic E-state index is 13.6. The summed E-state index contributed by atoms with van der Waals surface area (Å²) in [6, 6.07) is 19.1. The molecule has 0 atom stereocenters. The lowest BCUT2D eigenvalue weighted by Crippen LogP contribution is -2.30. The molecule has 0 N–H and O–H groups in total. The van der Waals surface area contributed by atoms with E-state index in [2.05, 4.69) is 0 Å². The third-order valence-electron chi connectivity index (χ3n) is 6.23. The lowest BCUT2D eigenvalue weighted by atomic mass is 10.1. The number of aromatic nitrogens is 2. The third kappa shape index (κ3) is 5.59. The normalized spacial score (nSPS) is 14.4. The Morgan fingerprint density at radius 1 is 1.03 bits per heavy atom. The zero-order valence-corrected chi connectivity index (χ0v) is 24.0. The first-order chi connectivity index (χ1) is 18.9. The Bertz CT molecular complexity index is 1670. The van der Waals surface area contributed by atoms with Crippen LogP contribution < -0.4 is 15.0 Å². The van der Waals surface area contributed by atoms with Crippen LogP contribution in [0.4, 0.5) is 0 Å². The van der Waals surface area contributed by atoms with Gasteiger partial charge in [-0.1, -0.05) is 66.1 Å². The second kappa shape index (κ2) is 11.6. The van der Waals surface area contributed by atoms with Gasteiger partial charge in [-0.2, -0.15) is 0 Å². The molecule has 0 saturated carbocycles. The first-order valence-electron chi connectivity index (χ1n) is 12.1. The number of amides is 1. The Labute approximate surface area is 239 Å². The van der Waals surface area contributed by atoms with Crippen LogP contribution in [0.1, 0.15) is 16.7 Å². The summed E-state index contributed by atoms with van der Waals surface area (Å²) in [5.41, 5.74) is 2.57. The maximum absolute atomic E-state index is 13.6. The molecular formula is C29H25N3O4S3. The lowest BCUT2D eigenvalue weighted by molar-refractivity contribution is -0.122. The van der Waals surface area contributed by atoms with Gasteiger partial charge in [-0.05, 0) is 60.9 Å². The number of hydrogen-bond acceptors (Lipinski definition) is 8. The number of benzene rings is 2. The first-order valence-corrected chi connectivity index (χ1v) is 14.1. The standard InChI is InChI=1S/C29H25N3O4S3/c1-18-8-7-14-31-25(18)30-26(38-20-9-5-4-6-10-20)21(27(31)33)17-24-28(34)32(29(37)39-24)15-13-19-11-12-22(35-2)23(16-19)36-3/h4-12,14,16-17H,13,15H2,1-3H3/b24-17+. The lowest BCUT2D eigenvalue weighted by Gasteiger charge is -2.15. The number of thioether (sulfide) groups is 1. The Morgan fingerprint density at radius 3 is 2.54 bits per heavy atom.